The quantitative estimate of drug-likeness (QED) is 0.846. The molecule has 0 aliphatic carbocycles. The molecule has 4 nitrogen and oxygen atoms in total. The van der Waals surface area contributed by atoms with Crippen molar-refractivity contribution in [3.05, 3.63) is 53.7 Å². The average Bonchev–Trinajstić information content (AvgIpc) is 2.61. The molecular weight excluding hydrogens is 317 g/mol. The van der Waals surface area contributed by atoms with Crippen LogP contribution in [0.5, 0.6) is 0 Å². The van der Waals surface area contributed by atoms with Crippen molar-refractivity contribution in [1.29, 1.82) is 5.26 Å². The van der Waals surface area contributed by atoms with Gasteiger partial charge in [0.1, 0.15) is 17.6 Å². The Balaban J connectivity index is 1.70. The highest BCUT2D eigenvalue weighted by Crippen LogP contribution is 2.32. The van der Waals surface area contributed by atoms with Crippen LogP contribution in [0.4, 0.5) is 24.7 Å². The van der Waals surface area contributed by atoms with E-state index in [1.165, 1.54) is 12.1 Å². The molecule has 1 fully saturated rings. The molecule has 0 atom stereocenters. The summed E-state index contributed by atoms with van der Waals surface area (Å²) in [5, 5.41) is 8.91. The van der Waals surface area contributed by atoms with E-state index in [2.05, 4.69) is 4.98 Å². The van der Waals surface area contributed by atoms with Crippen molar-refractivity contribution in [3.8, 4) is 6.07 Å². The zero-order chi connectivity index (χ0) is 17.2. The van der Waals surface area contributed by atoms with E-state index in [-0.39, 0.29) is 0 Å². The lowest BCUT2D eigenvalue weighted by Gasteiger charge is -2.37. The first-order valence-electron chi connectivity index (χ1n) is 7.52. The van der Waals surface area contributed by atoms with Gasteiger partial charge in [0.25, 0.3) is 0 Å². The molecule has 1 aliphatic heterocycles. The molecule has 1 aromatic heterocycles. The summed E-state index contributed by atoms with van der Waals surface area (Å²) in [6.45, 7) is 2.47. The first-order chi connectivity index (χ1) is 11.5. The summed E-state index contributed by atoms with van der Waals surface area (Å²) in [4.78, 5) is 8.22. The summed E-state index contributed by atoms with van der Waals surface area (Å²) in [7, 11) is 0. The van der Waals surface area contributed by atoms with Crippen LogP contribution in [0.15, 0.2) is 42.5 Å². The molecule has 0 amide bonds. The number of benzene rings is 1. The highest BCUT2D eigenvalue weighted by Gasteiger charge is 2.31. The maximum Gasteiger partial charge on any atom is 0.416 e. The molecule has 0 saturated carbocycles. The fourth-order valence-electron chi connectivity index (χ4n) is 2.73. The summed E-state index contributed by atoms with van der Waals surface area (Å²) in [6, 6.07) is 12.7. The fraction of sp³-hybridized carbons (Fsp3) is 0.294. The number of alkyl halides is 3. The lowest BCUT2D eigenvalue weighted by atomic mass is 10.1. The van der Waals surface area contributed by atoms with Crippen molar-refractivity contribution < 1.29 is 13.2 Å². The monoisotopic (exact) mass is 332 g/mol. The number of halogens is 3. The normalized spacial score (nSPS) is 15.2. The Hall–Kier alpha value is -2.75. The number of rotatable bonds is 2. The maximum absolute atomic E-state index is 12.8. The molecule has 2 aromatic rings. The van der Waals surface area contributed by atoms with E-state index >= 15 is 0 Å². The number of hydrogen-bond acceptors (Lipinski definition) is 4. The van der Waals surface area contributed by atoms with Crippen LogP contribution in [-0.2, 0) is 6.18 Å². The van der Waals surface area contributed by atoms with Gasteiger partial charge in [0.15, 0.2) is 0 Å². The van der Waals surface area contributed by atoms with Gasteiger partial charge in [0.2, 0.25) is 0 Å². The molecular formula is C17H15F3N4. The third-order valence-corrected chi connectivity index (χ3v) is 3.99. The summed E-state index contributed by atoms with van der Waals surface area (Å²) in [6.07, 6.45) is -4.33. The van der Waals surface area contributed by atoms with Gasteiger partial charge in [-0.15, -0.1) is 0 Å². The van der Waals surface area contributed by atoms with Crippen LogP contribution in [-0.4, -0.2) is 31.2 Å². The van der Waals surface area contributed by atoms with Gasteiger partial charge in [0, 0.05) is 31.9 Å². The molecule has 1 aromatic carbocycles. The SMILES string of the molecule is N#Cc1cccc(N2CCN(c3cccc(C(F)(F)F)c3)CC2)n1. The summed E-state index contributed by atoms with van der Waals surface area (Å²) >= 11 is 0. The molecule has 3 rings (SSSR count). The molecule has 0 unspecified atom stereocenters. The molecule has 0 N–H and O–H groups in total. The molecule has 7 heteroatoms. The summed E-state index contributed by atoms with van der Waals surface area (Å²) in [5.41, 5.74) is 0.293. The second-order valence-corrected chi connectivity index (χ2v) is 5.52. The minimum absolute atomic E-state index is 0.354. The van der Waals surface area contributed by atoms with Gasteiger partial charge in [-0.05, 0) is 30.3 Å². The zero-order valence-corrected chi connectivity index (χ0v) is 12.8. The van der Waals surface area contributed by atoms with Crippen molar-refractivity contribution in [1.82, 2.24) is 4.98 Å². The van der Waals surface area contributed by atoms with E-state index < -0.39 is 11.7 Å². The van der Waals surface area contributed by atoms with Gasteiger partial charge in [-0.25, -0.2) is 4.98 Å². The van der Waals surface area contributed by atoms with Gasteiger partial charge in [0.05, 0.1) is 5.56 Å². The second kappa shape index (κ2) is 6.40. The first kappa shape index (κ1) is 16.1. The number of hydrogen-bond donors (Lipinski definition) is 0. The van der Waals surface area contributed by atoms with Crippen molar-refractivity contribution in [2.24, 2.45) is 0 Å². The van der Waals surface area contributed by atoms with Crippen LogP contribution in [0.2, 0.25) is 0 Å². The smallest absolute Gasteiger partial charge is 0.368 e. The van der Waals surface area contributed by atoms with Crippen LogP contribution >= 0.6 is 0 Å². The molecule has 124 valence electrons. The van der Waals surface area contributed by atoms with Gasteiger partial charge in [-0.1, -0.05) is 12.1 Å². The first-order valence-corrected chi connectivity index (χ1v) is 7.52. The maximum atomic E-state index is 12.8. The minimum atomic E-state index is -4.33. The molecule has 2 heterocycles. The highest BCUT2D eigenvalue weighted by molar-refractivity contribution is 5.52. The van der Waals surface area contributed by atoms with E-state index in [9.17, 15) is 13.2 Å². The molecule has 0 radical (unpaired) electrons. The number of nitriles is 1. The highest BCUT2D eigenvalue weighted by atomic mass is 19.4. The number of aromatic nitrogens is 1. The Morgan fingerprint density at radius 1 is 0.958 bits per heavy atom. The van der Waals surface area contributed by atoms with E-state index in [0.29, 0.717) is 37.6 Å². The average molecular weight is 332 g/mol. The topological polar surface area (TPSA) is 43.2 Å². The third-order valence-electron chi connectivity index (χ3n) is 3.99. The van der Waals surface area contributed by atoms with Gasteiger partial charge >= 0.3 is 6.18 Å². The van der Waals surface area contributed by atoms with Crippen molar-refractivity contribution in [2.75, 3.05) is 36.0 Å². The van der Waals surface area contributed by atoms with Gasteiger partial charge in [-0.3, -0.25) is 0 Å². The molecule has 0 bridgehead atoms. The largest absolute Gasteiger partial charge is 0.416 e. The lowest BCUT2D eigenvalue weighted by molar-refractivity contribution is -0.137. The Kier molecular flexibility index (Phi) is 4.30. The minimum Gasteiger partial charge on any atom is -0.368 e. The Bertz CT molecular complexity index is 759. The molecule has 0 spiro atoms. The van der Waals surface area contributed by atoms with E-state index in [4.69, 9.17) is 5.26 Å². The van der Waals surface area contributed by atoms with Gasteiger partial charge in [-0.2, -0.15) is 18.4 Å². The fourth-order valence-corrected chi connectivity index (χ4v) is 2.73. The van der Waals surface area contributed by atoms with Crippen LogP contribution in [0.1, 0.15) is 11.3 Å². The summed E-state index contributed by atoms with van der Waals surface area (Å²) in [5.74, 6) is 0.720. The molecule has 1 saturated heterocycles. The number of pyridine rings is 1. The van der Waals surface area contributed by atoms with E-state index in [1.807, 2.05) is 21.9 Å². The van der Waals surface area contributed by atoms with Crippen LogP contribution < -0.4 is 9.80 Å². The molecule has 24 heavy (non-hydrogen) atoms. The Morgan fingerprint density at radius 2 is 1.62 bits per heavy atom. The van der Waals surface area contributed by atoms with Crippen LogP contribution in [0.25, 0.3) is 0 Å². The van der Waals surface area contributed by atoms with Crippen LogP contribution in [0, 0.1) is 11.3 Å². The zero-order valence-electron chi connectivity index (χ0n) is 12.8. The summed E-state index contributed by atoms with van der Waals surface area (Å²) < 4.78 is 38.5. The predicted octanol–water partition coefficient (Wildman–Crippen LogP) is 3.30. The second-order valence-electron chi connectivity index (χ2n) is 5.52. The molecule has 1 aliphatic rings. The third kappa shape index (κ3) is 3.43. The van der Waals surface area contributed by atoms with Crippen LogP contribution in [0.3, 0.4) is 0 Å². The standard InChI is InChI=1S/C17H15F3N4/c18-17(19,20)13-3-1-5-15(11-13)23-7-9-24(10-8-23)16-6-2-4-14(12-21)22-16/h1-6,11H,7-10H2. The van der Waals surface area contributed by atoms with Crippen molar-refractivity contribution >= 4 is 11.5 Å². The Labute approximate surface area is 137 Å². The number of piperazine rings is 1. The van der Waals surface area contributed by atoms with E-state index in [0.717, 1.165) is 11.9 Å². The van der Waals surface area contributed by atoms with Crippen molar-refractivity contribution in [3.63, 3.8) is 0 Å². The lowest BCUT2D eigenvalue weighted by Crippen LogP contribution is -2.46. The van der Waals surface area contributed by atoms with Crippen molar-refractivity contribution in [2.45, 2.75) is 6.18 Å². The number of nitrogens with zero attached hydrogens (tertiary/aromatic N) is 4. The predicted molar refractivity (Wildman–Crippen MR) is 84.8 cm³/mol. The Morgan fingerprint density at radius 3 is 2.29 bits per heavy atom. The number of anilines is 2. The van der Waals surface area contributed by atoms with E-state index in [1.54, 1.807) is 18.2 Å². The van der Waals surface area contributed by atoms with Gasteiger partial charge < -0.3 is 9.80 Å².